The highest BCUT2D eigenvalue weighted by Gasteiger charge is 2.51. The smallest absolute Gasteiger partial charge is 0.355 e. The second kappa shape index (κ2) is 9.44. The third kappa shape index (κ3) is 5.64. The fourth-order valence-corrected chi connectivity index (χ4v) is 3.71. The Hall–Kier alpha value is -3.82. The maximum atomic E-state index is 14.6. The fraction of sp³-hybridized carbons (Fsp3) is 0.280. The molecule has 2 aromatic carbocycles. The van der Waals surface area contributed by atoms with Gasteiger partial charge in [-0.05, 0) is 44.0 Å². The number of anilines is 2. The number of hydrogen-bond acceptors (Lipinski definition) is 5. The lowest BCUT2D eigenvalue weighted by Crippen LogP contribution is -2.33. The molecule has 0 bridgehead atoms. The van der Waals surface area contributed by atoms with Crippen LogP contribution in [-0.4, -0.2) is 21.7 Å². The summed E-state index contributed by atoms with van der Waals surface area (Å²) in [7, 11) is 0. The predicted octanol–water partition coefficient (Wildman–Crippen LogP) is 5.36. The summed E-state index contributed by atoms with van der Waals surface area (Å²) in [5.41, 5.74) is -1.25. The van der Waals surface area contributed by atoms with Gasteiger partial charge in [0, 0.05) is 36.6 Å². The Bertz CT molecular complexity index is 1260. The molecule has 0 saturated heterocycles. The molecule has 182 valence electrons. The number of alkyl halides is 3. The van der Waals surface area contributed by atoms with Crippen LogP contribution in [0.4, 0.5) is 28.9 Å². The van der Waals surface area contributed by atoms with Crippen LogP contribution < -0.4 is 10.6 Å². The fourth-order valence-electron chi connectivity index (χ4n) is 3.71. The van der Waals surface area contributed by atoms with Crippen LogP contribution in [0.15, 0.2) is 54.9 Å². The molecule has 0 spiro atoms. The Morgan fingerprint density at radius 3 is 2.37 bits per heavy atom. The Kier molecular flexibility index (Phi) is 6.56. The minimum Gasteiger partial charge on any atom is -0.355 e. The van der Waals surface area contributed by atoms with Gasteiger partial charge in [-0.1, -0.05) is 18.2 Å². The lowest BCUT2D eigenvalue weighted by molar-refractivity contribution is -0.137. The average molecular weight is 486 g/mol. The zero-order valence-corrected chi connectivity index (χ0v) is 18.7. The summed E-state index contributed by atoms with van der Waals surface area (Å²) in [6.45, 7) is 1.58. The number of nitrogens with one attached hydrogen (secondary N) is 2. The first-order chi connectivity index (χ1) is 16.6. The van der Waals surface area contributed by atoms with Crippen molar-refractivity contribution in [1.82, 2.24) is 15.3 Å². The van der Waals surface area contributed by atoms with Gasteiger partial charge in [0.25, 0.3) is 0 Å². The number of aryl methyl sites for hydroxylation is 1. The number of ketones is 1. The SMILES string of the molecule is Cc1ncc(C(=O)CC2(C(=O)NCc3ccc(Nc4ccccc4C(F)(F)F)cc3F)CC2)cn1. The van der Waals surface area contributed by atoms with Gasteiger partial charge in [-0.3, -0.25) is 9.59 Å². The number of halogens is 4. The molecular formula is C25H22F4N4O2. The normalized spacial score (nSPS) is 14.3. The first-order valence-corrected chi connectivity index (χ1v) is 10.9. The van der Waals surface area contributed by atoms with Gasteiger partial charge in [-0.2, -0.15) is 13.2 Å². The third-order valence-electron chi connectivity index (χ3n) is 5.94. The van der Waals surface area contributed by atoms with E-state index in [9.17, 15) is 27.2 Å². The molecule has 1 aliphatic carbocycles. The highest BCUT2D eigenvalue weighted by atomic mass is 19.4. The number of aromatic nitrogens is 2. The Morgan fingerprint density at radius 2 is 1.74 bits per heavy atom. The maximum absolute atomic E-state index is 14.6. The number of para-hydroxylation sites is 1. The van der Waals surface area contributed by atoms with E-state index in [1.54, 1.807) is 6.92 Å². The molecule has 1 aliphatic rings. The maximum Gasteiger partial charge on any atom is 0.418 e. The van der Waals surface area contributed by atoms with Crippen molar-refractivity contribution in [3.63, 3.8) is 0 Å². The molecule has 3 aromatic rings. The predicted molar refractivity (Wildman–Crippen MR) is 120 cm³/mol. The van der Waals surface area contributed by atoms with Gasteiger partial charge in [0.15, 0.2) is 5.78 Å². The van der Waals surface area contributed by atoms with Crippen LogP contribution in [0.25, 0.3) is 0 Å². The number of carbonyl (C=O) groups is 2. The number of carbonyl (C=O) groups excluding carboxylic acids is 2. The van der Waals surface area contributed by atoms with Gasteiger partial charge in [0.2, 0.25) is 5.91 Å². The first kappa shape index (κ1) is 24.3. The molecule has 2 N–H and O–H groups in total. The molecule has 0 radical (unpaired) electrons. The van der Waals surface area contributed by atoms with Gasteiger partial charge in [0.1, 0.15) is 11.6 Å². The van der Waals surface area contributed by atoms with Crippen molar-refractivity contribution in [2.75, 3.05) is 5.32 Å². The van der Waals surface area contributed by atoms with Gasteiger partial charge in [-0.15, -0.1) is 0 Å². The molecule has 1 aromatic heterocycles. The summed E-state index contributed by atoms with van der Waals surface area (Å²) in [4.78, 5) is 33.2. The van der Waals surface area contributed by atoms with Crippen molar-refractivity contribution in [3.05, 3.63) is 83.2 Å². The number of rotatable bonds is 8. The van der Waals surface area contributed by atoms with Crippen LogP contribution in [0.5, 0.6) is 0 Å². The summed E-state index contributed by atoms with van der Waals surface area (Å²) >= 11 is 0. The topological polar surface area (TPSA) is 84.0 Å². The van der Waals surface area contributed by atoms with Crippen LogP contribution in [0.1, 0.15) is 46.6 Å². The lowest BCUT2D eigenvalue weighted by atomic mass is 9.95. The number of hydrogen-bond donors (Lipinski definition) is 2. The van der Waals surface area contributed by atoms with Crippen molar-refractivity contribution in [2.24, 2.45) is 5.41 Å². The molecule has 1 saturated carbocycles. The minimum atomic E-state index is -4.56. The summed E-state index contributed by atoms with van der Waals surface area (Å²) in [5, 5.41) is 5.27. The minimum absolute atomic E-state index is 0.00914. The Morgan fingerprint density at radius 1 is 1.06 bits per heavy atom. The van der Waals surface area contributed by atoms with Gasteiger partial charge >= 0.3 is 6.18 Å². The number of Topliss-reactive ketones (excluding diaryl/α,β-unsaturated/α-hetero) is 1. The summed E-state index contributed by atoms with van der Waals surface area (Å²) in [6, 6.07) is 8.81. The molecule has 35 heavy (non-hydrogen) atoms. The second-order valence-electron chi connectivity index (χ2n) is 8.56. The van der Waals surface area contributed by atoms with Crippen LogP contribution in [-0.2, 0) is 17.5 Å². The molecule has 1 amide bonds. The molecule has 0 atom stereocenters. The molecule has 1 heterocycles. The van der Waals surface area contributed by atoms with E-state index in [-0.39, 0.29) is 41.6 Å². The molecule has 6 nitrogen and oxygen atoms in total. The van der Waals surface area contributed by atoms with E-state index >= 15 is 0 Å². The van der Waals surface area contributed by atoms with Crippen LogP contribution in [0, 0.1) is 18.2 Å². The van der Waals surface area contributed by atoms with E-state index in [4.69, 9.17) is 0 Å². The summed E-state index contributed by atoms with van der Waals surface area (Å²) in [6.07, 6.45) is -0.607. The Balaban J connectivity index is 1.38. The number of amides is 1. The van der Waals surface area contributed by atoms with Gasteiger partial charge in [0.05, 0.1) is 22.2 Å². The molecule has 0 aliphatic heterocycles. The molecule has 1 fully saturated rings. The molecule has 0 unspecified atom stereocenters. The van der Waals surface area contributed by atoms with E-state index < -0.39 is 23.0 Å². The van der Waals surface area contributed by atoms with Crippen LogP contribution >= 0.6 is 0 Å². The zero-order chi connectivity index (χ0) is 25.2. The highest BCUT2D eigenvalue weighted by Crippen LogP contribution is 2.49. The molecular weight excluding hydrogens is 464 g/mol. The van der Waals surface area contributed by atoms with Crippen molar-refractivity contribution in [1.29, 1.82) is 0 Å². The third-order valence-corrected chi connectivity index (χ3v) is 5.94. The number of nitrogens with zero attached hydrogens (tertiary/aromatic N) is 2. The van der Waals surface area contributed by atoms with E-state index in [2.05, 4.69) is 20.6 Å². The van der Waals surface area contributed by atoms with Crippen LogP contribution in [0.3, 0.4) is 0 Å². The van der Waals surface area contributed by atoms with Gasteiger partial charge < -0.3 is 10.6 Å². The largest absolute Gasteiger partial charge is 0.418 e. The van der Waals surface area contributed by atoms with Crippen molar-refractivity contribution < 1.29 is 27.2 Å². The van der Waals surface area contributed by atoms with Gasteiger partial charge in [-0.25, -0.2) is 14.4 Å². The van der Waals surface area contributed by atoms with Crippen LogP contribution in [0.2, 0.25) is 0 Å². The summed E-state index contributed by atoms with van der Waals surface area (Å²) in [5.74, 6) is -0.733. The van der Waals surface area contributed by atoms with E-state index in [0.717, 1.165) is 12.1 Å². The monoisotopic (exact) mass is 486 g/mol. The zero-order valence-electron chi connectivity index (χ0n) is 18.7. The standard InChI is InChI=1S/C25H22F4N4O2/c1-15-30-13-17(14-31-15)22(34)11-24(8-9-24)23(35)32-12-16-6-7-18(10-20(16)26)33-21-5-3-2-4-19(21)25(27,28)29/h2-7,10,13-14,33H,8-9,11-12H2,1H3,(H,32,35). The number of benzene rings is 2. The van der Waals surface area contributed by atoms with Crippen molar-refractivity contribution in [3.8, 4) is 0 Å². The average Bonchev–Trinajstić information content (AvgIpc) is 3.59. The quantitative estimate of drug-likeness (QED) is 0.331. The van der Waals surface area contributed by atoms with E-state index in [0.29, 0.717) is 24.2 Å². The van der Waals surface area contributed by atoms with E-state index in [1.807, 2.05) is 0 Å². The van der Waals surface area contributed by atoms with Crippen molar-refractivity contribution >= 4 is 23.1 Å². The van der Waals surface area contributed by atoms with E-state index in [1.165, 1.54) is 42.7 Å². The van der Waals surface area contributed by atoms with Crippen molar-refractivity contribution in [2.45, 2.75) is 38.9 Å². The Labute approximate surface area is 198 Å². The second-order valence-corrected chi connectivity index (χ2v) is 8.56. The first-order valence-electron chi connectivity index (χ1n) is 10.9. The lowest BCUT2D eigenvalue weighted by Gasteiger charge is -2.16. The summed E-state index contributed by atoms with van der Waals surface area (Å²) < 4.78 is 54.2. The molecule has 10 heteroatoms. The highest BCUT2D eigenvalue weighted by molar-refractivity contribution is 6.00. The molecule has 4 rings (SSSR count).